The van der Waals surface area contributed by atoms with Gasteiger partial charge in [0.05, 0.1) is 11.6 Å². The van der Waals surface area contributed by atoms with Crippen LogP contribution in [0.25, 0.3) is 11.3 Å². The lowest BCUT2D eigenvalue weighted by Crippen LogP contribution is -2.41. The standard InChI is InChI=1S/C24H25N3O4/c28-24(29)17-8-11-27(12-9-17)15-21-13-18-3-6-20(14-23(18)31-21)30-19-4-1-16(2-5-19)22-7-10-25-26-22/h1-7,10,14,17,21H,8-9,11-13,15H2,(H,25,26)(H,28,29). The minimum absolute atomic E-state index is 0.0975. The Morgan fingerprint density at radius 1 is 1.13 bits per heavy atom. The van der Waals surface area contributed by atoms with E-state index in [0.29, 0.717) is 12.8 Å². The number of nitrogens with one attached hydrogen (secondary N) is 1. The quantitative estimate of drug-likeness (QED) is 0.629. The third-order valence-corrected chi connectivity index (χ3v) is 6.08. The molecule has 2 aliphatic rings. The number of nitrogens with zero attached hydrogens (tertiary/aromatic N) is 2. The second-order valence-electron chi connectivity index (χ2n) is 8.22. The smallest absolute Gasteiger partial charge is 0.306 e. The molecule has 7 heteroatoms. The van der Waals surface area contributed by atoms with Gasteiger partial charge < -0.3 is 14.6 Å². The van der Waals surface area contributed by atoms with Gasteiger partial charge in [-0.3, -0.25) is 14.8 Å². The Morgan fingerprint density at radius 3 is 2.61 bits per heavy atom. The van der Waals surface area contributed by atoms with E-state index in [-0.39, 0.29) is 12.0 Å². The average molecular weight is 419 g/mol. The minimum Gasteiger partial charge on any atom is -0.488 e. The van der Waals surface area contributed by atoms with Gasteiger partial charge in [0.15, 0.2) is 0 Å². The van der Waals surface area contributed by atoms with E-state index in [9.17, 15) is 4.79 Å². The van der Waals surface area contributed by atoms with Crippen LogP contribution in [0.15, 0.2) is 54.7 Å². The van der Waals surface area contributed by atoms with Crippen molar-refractivity contribution in [1.82, 2.24) is 15.1 Å². The number of likely N-dealkylation sites (tertiary alicyclic amines) is 1. The van der Waals surface area contributed by atoms with E-state index >= 15 is 0 Å². The number of fused-ring (bicyclic) bond motifs is 1. The number of rotatable bonds is 6. The van der Waals surface area contributed by atoms with Gasteiger partial charge >= 0.3 is 5.97 Å². The highest BCUT2D eigenvalue weighted by atomic mass is 16.5. The van der Waals surface area contributed by atoms with E-state index in [2.05, 4.69) is 21.2 Å². The second-order valence-corrected chi connectivity index (χ2v) is 8.22. The van der Waals surface area contributed by atoms with Crippen molar-refractivity contribution in [1.29, 1.82) is 0 Å². The second kappa shape index (κ2) is 8.43. The van der Waals surface area contributed by atoms with Crippen molar-refractivity contribution in [3.63, 3.8) is 0 Å². The molecule has 0 spiro atoms. The molecule has 2 N–H and O–H groups in total. The van der Waals surface area contributed by atoms with E-state index in [4.69, 9.17) is 14.6 Å². The maximum Gasteiger partial charge on any atom is 0.306 e. The van der Waals surface area contributed by atoms with Gasteiger partial charge in [-0.2, -0.15) is 5.10 Å². The molecule has 0 amide bonds. The summed E-state index contributed by atoms with van der Waals surface area (Å²) in [7, 11) is 0. The molecule has 3 heterocycles. The number of hydrogen-bond donors (Lipinski definition) is 2. The average Bonchev–Trinajstić information content (AvgIpc) is 3.44. The third kappa shape index (κ3) is 4.41. The summed E-state index contributed by atoms with van der Waals surface area (Å²) in [5, 5.41) is 16.1. The molecule has 0 saturated carbocycles. The molecule has 31 heavy (non-hydrogen) atoms. The van der Waals surface area contributed by atoms with E-state index < -0.39 is 5.97 Å². The number of piperidine rings is 1. The van der Waals surface area contributed by atoms with Crippen molar-refractivity contribution in [2.75, 3.05) is 19.6 Å². The van der Waals surface area contributed by atoms with Gasteiger partial charge in [-0.15, -0.1) is 0 Å². The molecule has 7 nitrogen and oxygen atoms in total. The van der Waals surface area contributed by atoms with Crippen LogP contribution in [0.1, 0.15) is 18.4 Å². The number of benzene rings is 2. The fourth-order valence-electron chi connectivity index (χ4n) is 4.35. The van der Waals surface area contributed by atoms with Crippen LogP contribution in [0.2, 0.25) is 0 Å². The molecule has 0 bridgehead atoms. The molecule has 5 rings (SSSR count). The van der Waals surface area contributed by atoms with Crippen molar-refractivity contribution in [2.45, 2.75) is 25.4 Å². The third-order valence-electron chi connectivity index (χ3n) is 6.08. The molecule has 1 saturated heterocycles. The number of carboxylic acid groups (broad SMARTS) is 1. The Labute approximate surface area is 180 Å². The fourth-order valence-corrected chi connectivity index (χ4v) is 4.35. The number of H-pyrrole nitrogens is 1. The number of carboxylic acids is 1. The zero-order valence-electron chi connectivity index (χ0n) is 17.2. The molecule has 1 fully saturated rings. The van der Waals surface area contributed by atoms with Crippen LogP contribution < -0.4 is 9.47 Å². The Bertz CT molecular complexity index is 1040. The first kappa shape index (κ1) is 19.6. The largest absolute Gasteiger partial charge is 0.488 e. The van der Waals surface area contributed by atoms with Gasteiger partial charge in [0.2, 0.25) is 0 Å². The van der Waals surface area contributed by atoms with Crippen molar-refractivity contribution < 1.29 is 19.4 Å². The Kier molecular flexibility index (Phi) is 5.34. The van der Waals surface area contributed by atoms with Gasteiger partial charge in [-0.1, -0.05) is 6.07 Å². The molecule has 1 unspecified atom stereocenters. The van der Waals surface area contributed by atoms with Crippen LogP contribution in [0.4, 0.5) is 0 Å². The maximum absolute atomic E-state index is 11.1. The summed E-state index contributed by atoms with van der Waals surface area (Å²) >= 11 is 0. The fraction of sp³-hybridized carbons (Fsp3) is 0.333. The lowest BCUT2D eigenvalue weighted by Gasteiger charge is -2.31. The molecule has 0 radical (unpaired) electrons. The van der Waals surface area contributed by atoms with Gasteiger partial charge in [-0.25, -0.2) is 0 Å². The van der Waals surface area contributed by atoms with Crippen LogP contribution in [0, 0.1) is 5.92 Å². The van der Waals surface area contributed by atoms with E-state index in [1.807, 2.05) is 42.5 Å². The minimum atomic E-state index is -0.673. The SMILES string of the molecule is O=C(O)C1CCN(CC2Cc3ccc(Oc4ccc(-c5ccn[nH]5)cc4)cc3O2)CC1. The highest BCUT2D eigenvalue weighted by molar-refractivity contribution is 5.70. The topological polar surface area (TPSA) is 87.7 Å². The summed E-state index contributed by atoms with van der Waals surface area (Å²) in [5.41, 5.74) is 3.21. The first-order chi connectivity index (χ1) is 15.1. The number of hydrogen-bond acceptors (Lipinski definition) is 5. The van der Waals surface area contributed by atoms with Crippen molar-refractivity contribution in [3.8, 4) is 28.5 Å². The highest BCUT2D eigenvalue weighted by Gasteiger charge is 2.29. The monoisotopic (exact) mass is 419 g/mol. The number of aromatic nitrogens is 2. The van der Waals surface area contributed by atoms with E-state index in [1.165, 1.54) is 5.56 Å². The molecule has 3 aromatic rings. The van der Waals surface area contributed by atoms with E-state index in [0.717, 1.165) is 54.6 Å². The van der Waals surface area contributed by atoms with Crippen LogP contribution in [-0.2, 0) is 11.2 Å². The van der Waals surface area contributed by atoms with Crippen LogP contribution in [-0.4, -0.2) is 51.9 Å². The first-order valence-electron chi connectivity index (χ1n) is 10.7. The highest BCUT2D eigenvalue weighted by Crippen LogP contribution is 2.35. The summed E-state index contributed by atoms with van der Waals surface area (Å²) in [6, 6.07) is 15.8. The Balaban J connectivity index is 1.18. The number of aromatic amines is 1. The lowest BCUT2D eigenvalue weighted by molar-refractivity contribution is -0.143. The van der Waals surface area contributed by atoms with Crippen LogP contribution in [0.5, 0.6) is 17.2 Å². The number of ether oxygens (including phenoxy) is 2. The maximum atomic E-state index is 11.1. The van der Waals surface area contributed by atoms with Crippen LogP contribution >= 0.6 is 0 Å². The first-order valence-corrected chi connectivity index (χ1v) is 10.7. The zero-order valence-corrected chi connectivity index (χ0v) is 17.2. The number of carbonyl (C=O) groups is 1. The molecule has 1 atom stereocenters. The molecular weight excluding hydrogens is 394 g/mol. The van der Waals surface area contributed by atoms with Gasteiger partial charge in [0.25, 0.3) is 0 Å². The lowest BCUT2D eigenvalue weighted by atomic mass is 9.97. The zero-order chi connectivity index (χ0) is 21.2. The number of aliphatic carboxylic acids is 1. The predicted molar refractivity (Wildman–Crippen MR) is 115 cm³/mol. The molecule has 160 valence electrons. The normalized spacial score (nSPS) is 19.0. The summed E-state index contributed by atoms with van der Waals surface area (Å²) in [6.07, 6.45) is 4.13. The van der Waals surface area contributed by atoms with Crippen molar-refractivity contribution in [2.24, 2.45) is 5.92 Å². The predicted octanol–water partition coefficient (Wildman–Crippen LogP) is 3.97. The molecule has 2 aliphatic heterocycles. The van der Waals surface area contributed by atoms with E-state index in [1.54, 1.807) is 6.20 Å². The molecule has 1 aromatic heterocycles. The van der Waals surface area contributed by atoms with Gasteiger partial charge in [0.1, 0.15) is 23.4 Å². The van der Waals surface area contributed by atoms with Crippen molar-refractivity contribution in [3.05, 3.63) is 60.3 Å². The van der Waals surface area contributed by atoms with Crippen molar-refractivity contribution >= 4 is 5.97 Å². The Morgan fingerprint density at radius 2 is 1.90 bits per heavy atom. The van der Waals surface area contributed by atoms with Gasteiger partial charge in [0, 0.05) is 25.2 Å². The van der Waals surface area contributed by atoms with Crippen LogP contribution in [0.3, 0.4) is 0 Å². The summed E-state index contributed by atoms with van der Waals surface area (Å²) in [5.74, 6) is 1.51. The summed E-state index contributed by atoms with van der Waals surface area (Å²) < 4.78 is 12.2. The van der Waals surface area contributed by atoms with Gasteiger partial charge in [-0.05, 0) is 73.5 Å². The molecule has 2 aromatic carbocycles. The summed E-state index contributed by atoms with van der Waals surface area (Å²) in [6.45, 7) is 2.46. The molecular formula is C24H25N3O4. The molecule has 0 aliphatic carbocycles. The Hall–Kier alpha value is -3.32. The summed E-state index contributed by atoms with van der Waals surface area (Å²) in [4.78, 5) is 13.4.